The second kappa shape index (κ2) is 8.64. The Bertz CT molecular complexity index is 735. The first-order valence-electron chi connectivity index (χ1n) is 8.67. The normalized spacial score (nSPS) is 20.7. The van der Waals surface area contributed by atoms with Gasteiger partial charge in [0.1, 0.15) is 6.54 Å². The zero-order valence-corrected chi connectivity index (χ0v) is 16.2. The summed E-state index contributed by atoms with van der Waals surface area (Å²) in [6, 6.07) is 6.27. The van der Waals surface area contributed by atoms with Gasteiger partial charge in [-0.25, -0.2) is 8.42 Å². The molecular formula is C18H26N2O5S. The number of piperidine rings is 1. The predicted molar refractivity (Wildman–Crippen MR) is 96.9 cm³/mol. The van der Waals surface area contributed by atoms with Gasteiger partial charge >= 0.3 is 5.97 Å². The van der Waals surface area contributed by atoms with E-state index in [1.807, 2.05) is 6.92 Å². The molecule has 1 heterocycles. The highest BCUT2D eigenvalue weighted by Gasteiger charge is 2.26. The summed E-state index contributed by atoms with van der Waals surface area (Å²) in [5, 5.41) is 0. The Morgan fingerprint density at radius 1 is 1.15 bits per heavy atom. The van der Waals surface area contributed by atoms with Gasteiger partial charge in [-0.3, -0.25) is 9.59 Å². The van der Waals surface area contributed by atoms with Gasteiger partial charge in [0.2, 0.25) is 10.0 Å². The average molecular weight is 382 g/mol. The summed E-state index contributed by atoms with van der Waals surface area (Å²) in [5.74, 6) is -0.204. The lowest BCUT2D eigenvalue weighted by Gasteiger charge is -2.34. The Morgan fingerprint density at radius 3 is 2.31 bits per heavy atom. The van der Waals surface area contributed by atoms with Crippen LogP contribution < -0.4 is 4.72 Å². The number of carbonyl (C=O) groups is 2. The fraction of sp³-hybridized carbons (Fsp3) is 0.556. The highest BCUT2D eigenvalue weighted by molar-refractivity contribution is 7.89. The molecule has 2 atom stereocenters. The molecule has 0 unspecified atom stereocenters. The van der Waals surface area contributed by atoms with Crippen molar-refractivity contribution in [3.05, 3.63) is 29.8 Å². The topological polar surface area (TPSA) is 92.8 Å². The molecule has 1 fully saturated rings. The number of esters is 1. The minimum Gasteiger partial charge on any atom is -0.455 e. The first-order chi connectivity index (χ1) is 12.2. The van der Waals surface area contributed by atoms with Crippen molar-refractivity contribution in [2.75, 3.05) is 26.2 Å². The smallest absolute Gasteiger partial charge is 0.321 e. The Hall–Kier alpha value is -1.93. The minimum atomic E-state index is -3.79. The maximum absolute atomic E-state index is 12.2. The third-order valence-corrected chi connectivity index (χ3v) is 5.73. The van der Waals surface area contributed by atoms with Crippen LogP contribution in [0.25, 0.3) is 0 Å². The van der Waals surface area contributed by atoms with Crippen molar-refractivity contribution >= 4 is 21.9 Å². The Balaban J connectivity index is 1.79. The summed E-state index contributed by atoms with van der Waals surface area (Å²) in [6.07, 6.45) is 1.07. The van der Waals surface area contributed by atoms with E-state index in [0.717, 1.165) is 12.0 Å². The Labute approximate surface area is 154 Å². The van der Waals surface area contributed by atoms with Crippen LogP contribution in [0.5, 0.6) is 0 Å². The molecule has 2 rings (SSSR count). The van der Waals surface area contributed by atoms with Gasteiger partial charge in [-0.05, 0) is 37.3 Å². The number of nitrogens with zero attached hydrogens (tertiary/aromatic N) is 1. The summed E-state index contributed by atoms with van der Waals surface area (Å²) in [6.45, 7) is 6.44. The Morgan fingerprint density at radius 2 is 1.73 bits per heavy atom. The van der Waals surface area contributed by atoms with Crippen LogP contribution in [0.1, 0.15) is 25.8 Å². The fourth-order valence-electron chi connectivity index (χ4n) is 3.11. The minimum absolute atomic E-state index is 0.0725. The van der Waals surface area contributed by atoms with Crippen molar-refractivity contribution in [2.24, 2.45) is 11.8 Å². The molecule has 0 bridgehead atoms. The number of rotatable bonds is 6. The number of hydrogen-bond acceptors (Lipinski definition) is 5. The van der Waals surface area contributed by atoms with E-state index in [2.05, 4.69) is 18.6 Å². The predicted octanol–water partition coefficient (Wildman–Crippen LogP) is 1.32. The van der Waals surface area contributed by atoms with Crippen LogP contribution in [0.15, 0.2) is 29.2 Å². The summed E-state index contributed by atoms with van der Waals surface area (Å²) >= 11 is 0. The molecule has 1 amide bonds. The number of carbonyl (C=O) groups excluding carboxylic acids is 2. The largest absolute Gasteiger partial charge is 0.455 e. The second-order valence-electron chi connectivity index (χ2n) is 7.04. The van der Waals surface area contributed by atoms with E-state index in [9.17, 15) is 18.0 Å². The molecule has 1 aromatic rings. The summed E-state index contributed by atoms with van der Waals surface area (Å²) in [7, 11) is -3.79. The van der Waals surface area contributed by atoms with Gasteiger partial charge in [-0.15, -0.1) is 0 Å². The van der Waals surface area contributed by atoms with Crippen LogP contribution >= 0.6 is 0 Å². The molecule has 1 N–H and O–H groups in total. The molecule has 8 heteroatoms. The molecule has 1 aliphatic heterocycles. The van der Waals surface area contributed by atoms with Gasteiger partial charge in [0.25, 0.3) is 5.91 Å². The van der Waals surface area contributed by atoms with Crippen LogP contribution in [0.4, 0.5) is 0 Å². The molecule has 7 nitrogen and oxygen atoms in total. The highest BCUT2D eigenvalue weighted by atomic mass is 32.2. The maximum atomic E-state index is 12.2. The van der Waals surface area contributed by atoms with E-state index in [4.69, 9.17) is 4.74 Å². The van der Waals surface area contributed by atoms with Crippen LogP contribution in [0.3, 0.4) is 0 Å². The van der Waals surface area contributed by atoms with Crippen molar-refractivity contribution < 1.29 is 22.7 Å². The number of likely N-dealkylation sites (tertiary alicyclic amines) is 1. The van der Waals surface area contributed by atoms with Crippen molar-refractivity contribution in [1.29, 1.82) is 0 Å². The zero-order valence-electron chi connectivity index (χ0n) is 15.4. The van der Waals surface area contributed by atoms with E-state index >= 15 is 0 Å². The number of aryl methyl sites for hydroxylation is 1. The van der Waals surface area contributed by atoms with Gasteiger partial charge in [0.05, 0.1) is 4.90 Å². The Kier molecular flexibility index (Phi) is 6.77. The van der Waals surface area contributed by atoms with E-state index < -0.39 is 22.5 Å². The average Bonchev–Trinajstić information content (AvgIpc) is 2.57. The van der Waals surface area contributed by atoms with Gasteiger partial charge in [0.15, 0.2) is 6.61 Å². The fourth-order valence-corrected chi connectivity index (χ4v) is 4.07. The van der Waals surface area contributed by atoms with Crippen LogP contribution in [0, 0.1) is 18.8 Å². The number of ether oxygens (including phenoxy) is 1. The van der Waals surface area contributed by atoms with Crippen molar-refractivity contribution in [3.8, 4) is 0 Å². The number of sulfonamides is 1. The second-order valence-corrected chi connectivity index (χ2v) is 8.81. The lowest BCUT2D eigenvalue weighted by molar-refractivity contribution is -0.152. The number of benzene rings is 1. The molecule has 0 saturated carbocycles. The lowest BCUT2D eigenvalue weighted by atomic mass is 9.92. The van der Waals surface area contributed by atoms with E-state index in [0.29, 0.717) is 24.9 Å². The van der Waals surface area contributed by atoms with E-state index in [1.54, 1.807) is 17.0 Å². The zero-order chi connectivity index (χ0) is 19.3. The third kappa shape index (κ3) is 5.81. The molecule has 0 spiro atoms. The van der Waals surface area contributed by atoms with Gasteiger partial charge in [-0.2, -0.15) is 4.72 Å². The molecule has 0 aliphatic carbocycles. The molecule has 0 aromatic heterocycles. The summed E-state index contributed by atoms with van der Waals surface area (Å²) < 4.78 is 31.3. The standard InChI is InChI=1S/C18H26N2O5S/c1-13-4-6-16(7-5-13)26(23,24)19-9-18(22)25-12-17(21)20-10-14(2)8-15(3)11-20/h4-7,14-15,19H,8-12H2,1-3H3/t14-,15-/m0/s1. The van der Waals surface area contributed by atoms with Crippen LogP contribution in [0.2, 0.25) is 0 Å². The molecule has 144 valence electrons. The molecule has 26 heavy (non-hydrogen) atoms. The first-order valence-corrected chi connectivity index (χ1v) is 10.2. The van der Waals surface area contributed by atoms with E-state index in [-0.39, 0.29) is 17.4 Å². The van der Waals surface area contributed by atoms with E-state index in [1.165, 1.54) is 12.1 Å². The highest BCUT2D eigenvalue weighted by Crippen LogP contribution is 2.20. The summed E-state index contributed by atoms with van der Waals surface area (Å²) in [4.78, 5) is 25.7. The van der Waals surface area contributed by atoms with Gasteiger partial charge < -0.3 is 9.64 Å². The number of amides is 1. The molecule has 1 aliphatic rings. The van der Waals surface area contributed by atoms with Crippen molar-refractivity contribution in [2.45, 2.75) is 32.1 Å². The van der Waals surface area contributed by atoms with Crippen LogP contribution in [-0.4, -0.2) is 51.4 Å². The third-order valence-electron chi connectivity index (χ3n) is 4.32. The molecule has 1 saturated heterocycles. The monoisotopic (exact) mass is 382 g/mol. The first kappa shape index (κ1) is 20.4. The summed E-state index contributed by atoms with van der Waals surface area (Å²) in [5.41, 5.74) is 0.934. The van der Waals surface area contributed by atoms with Crippen molar-refractivity contribution in [3.63, 3.8) is 0 Å². The lowest BCUT2D eigenvalue weighted by Crippen LogP contribution is -2.44. The van der Waals surface area contributed by atoms with Crippen molar-refractivity contribution in [1.82, 2.24) is 9.62 Å². The number of nitrogens with one attached hydrogen (secondary N) is 1. The maximum Gasteiger partial charge on any atom is 0.321 e. The SMILES string of the molecule is Cc1ccc(S(=O)(=O)NCC(=O)OCC(=O)N2C[C@@H](C)C[C@H](C)C2)cc1. The number of hydrogen-bond donors (Lipinski definition) is 1. The molecule has 0 radical (unpaired) electrons. The van der Waals surface area contributed by atoms with Gasteiger partial charge in [-0.1, -0.05) is 31.5 Å². The van der Waals surface area contributed by atoms with Crippen LogP contribution in [-0.2, 0) is 24.3 Å². The molecular weight excluding hydrogens is 356 g/mol. The quantitative estimate of drug-likeness (QED) is 0.749. The molecule has 1 aromatic carbocycles. The van der Waals surface area contributed by atoms with Gasteiger partial charge in [0, 0.05) is 13.1 Å².